The highest BCUT2D eigenvalue weighted by Gasteiger charge is 1.92. The molecule has 0 aromatic heterocycles. The van der Waals surface area contributed by atoms with E-state index < -0.39 is 0 Å². The second-order valence-corrected chi connectivity index (χ2v) is 6.46. The van der Waals surface area contributed by atoms with Crippen LogP contribution in [-0.4, -0.2) is 13.2 Å². The van der Waals surface area contributed by atoms with Crippen molar-refractivity contribution in [2.45, 2.75) is 103 Å². The molecule has 0 unspecified atom stereocenters. The average molecular weight is 322 g/mol. The van der Waals surface area contributed by atoms with E-state index in [9.17, 15) is 0 Å². The fraction of sp³-hybridized carbons (Fsp3) is 0.857. The van der Waals surface area contributed by atoms with E-state index in [1.807, 2.05) is 0 Å². The van der Waals surface area contributed by atoms with Crippen molar-refractivity contribution in [2.24, 2.45) is 0 Å². The van der Waals surface area contributed by atoms with Gasteiger partial charge < -0.3 is 4.74 Å². The number of hydrogen-bond acceptors (Lipinski definition) is 2. The van der Waals surface area contributed by atoms with Crippen molar-refractivity contribution in [3.05, 3.63) is 12.2 Å². The summed E-state index contributed by atoms with van der Waals surface area (Å²) in [5.74, 6) is 0. The van der Waals surface area contributed by atoms with Crippen LogP contribution in [0.5, 0.6) is 0 Å². The van der Waals surface area contributed by atoms with Gasteiger partial charge in [-0.15, -0.1) is 0 Å². The standard InChI is InChI=1S/C21H39NO/c1-2-3-4-5-6-7-8-9-10-11-12-13-14-15-16-17-20-23-21-18-19-22/h9-10H,2-8,11-18,20-21H2,1H3. The lowest BCUT2D eigenvalue weighted by atomic mass is 10.1. The van der Waals surface area contributed by atoms with Gasteiger partial charge in [0.05, 0.1) is 19.1 Å². The van der Waals surface area contributed by atoms with E-state index >= 15 is 0 Å². The van der Waals surface area contributed by atoms with E-state index in [1.165, 1.54) is 83.5 Å². The Balaban J connectivity index is 3.04. The Bertz CT molecular complexity index is 280. The Labute approximate surface area is 145 Å². The maximum Gasteiger partial charge on any atom is 0.0645 e. The molecule has 2 nitrogen and oxygen atoms in total. The van der Waals surface area contributed by atoms with Crippen LogP contribution in [-0.2, 0) is 4.74 Å². The van der Waals surface area contributed by atoms with Crippen LogP contribution in [0.2, 0.25) is 0 Å². The van der Waals surface area contributed by atoms with Crippen molar-refractivity contribution in [3.8, 4) is 6.07 Å². The van der Waals surface area contributed by atoms with Crippen molar-refractivity contribution in [3.63, 3.8) is 0 Å². The fourth-order valence-electron chi connectivity index (χ4n) is 2.67. The van der Waals surface area contributed by atoms with E-state index in [0.29, 0.717) is 13.0 Å². The molecule has 0 radical (unpaired) electrons. The number of allylic oxidation sites excluding steroid dienone is 2. The molecule has 0 fully saturated rings. The van der Waals surface area contributed by atoms with Crippen molar-refractivity contribution in [2.75, 3.05) is 13.2 Å². The number of rotatable bonds is 18. The molecule has 0 aliphatic carbocycles. The molecule has 0 aliphatic rings. The van der Waals surface area contributed by atoms with Gasteiger partial charge in [-0.3, -0.25) is 0 Å². The summed E-state index contributed by atoms with van der Waals surface area (Å²) in [7, 11) is 0. The number of nitrogens with zero attached hydrogens (tertiary/aromatic N) is 1. The quantitative estimate of drug-likeness (QED) is 0.202. The molecule has 0 aromatic rings. The van der Waals surface area contributed by atoms with Gasteiger partial charge in [0.15, 0.2) is 0 Å². The van der Waals surface area contributed by atoms with Gasteiger partial charge in [-0.25, -0.2) is 0 Å². The minimum atomic E-state index is 0.520. The van der Waals surface area contributed by atoms with Crippen LogP contribution < -0.4 is 0 Å². The molecule has 0 N–H and O–H groups in total. The molecule has 0 saturated carbocycles. The molecule has 0 aromatic carbocycles. The van der Waals surface area contributed by atoms with Gasteiger partial charge in [0.2, 0.25) is 0 Å². The van der Waals surface area contributed by atoms with Crippen LogP contribution in [0.1, 0.15) is 103 Å². The molecular weight excluding hydrogens is 282 g/mol. The molecule has 0 aliphatic heterocycles. The molecule has 0 spiro atoms. The number of ether oxygens (including phenoxy) is 1. The van der Waals surface area contributed by atoms with Crippen LogP contribution in [0.3, 0.4) is 0 Å². The van der Waals surface area contributed by atoms with Gasteiger partial charge in [0.1, 0.15) is 0 Å². The third-order valence-corrected chi connectivity index (χ3v) is 4.16. The topological polar surface area (TPSA) is 33.0 Å². The first-order valence-electron chi connectivity index (χ1n) is 10.0. The largest absolute Gasteiger partial charge is 0.380 e. The van der Waals surface area contributed by atoms with Crippen molar-refractivity contribution in [1.82, 2.24) is 0 Å². The Morgan fingerprint density at radius 1 is 0.696 bits per heavy atom. The number of nitriles is 1. The average Bonchev–Trinajstić information content (AvgIpc) is 2.57. The van der Waals surface area contributed by atoms with Gasteiger partial charge in [0.25, 0.3) is 0 Å². The molecule has 2 heteroatoms. The zero-order valence-electron chi connectivity index (χ0n) is 15.5. The van der Waals surface area contributed by atoms with Crippen molar-refractivity contribution >= 4 is 0 Å². The summed E-state index contributed by atoms with van der Waals surface area (Å²) < 4.78 is 5.36. The van der Waals surface area contributed by atoms with Crippen molar-refractivity contribution < 1.29 is 4.74 Å². The molecule has 0 saturated heterocycles. The summed E-state index contributed by atoms with van der Waals surface area (Å²) in [5, 5.41) is 8.38. The molecule has 0 amide bonds. The first-order valence-corrected chi connectivity index (χ1v) is 10.0. The highest BCUT2D eigenvalue weighted by molar-refractivity contribution is 4.81. The van der Waals surface area contributed by atoms with Crippen LogP contribution >= 0.6 is 0 Å². The summed E-state index contributed by atoms with van der Waals surface area (Å²) in [6.45, 7) is 3.69. The van der Waals surface area contributed by atoms with Gasteiger partial charge in [-0.2, -0.15) is 5.26 Å². The molecule has 0 rings (SSSR count). The van der Waals surface area contributed by atoms with E-state index in [2.05, 4.69) is 25.1 Å². The van der Waals surface area contributed by atoms with Crippen LogP contribution in [0.4, 0.5) is 0 Å². The number of unbranched alkanes of at least 4 members (excludes halogenated alkanes) is 12. The maximum absolute atomic E-state index is 8.38. The molecule has 134 valence electrons. The molecule has 0 bridgehead atoms. The third kappa shape index (κ3) is 21.2. The fourth-order valence-corrected chi connectivity index (χ4v) is 2.67. The minimum absolute atomic E-state index is 0.520. The Hall–Kier alpha value is -0.810. The van der Waals surface area contributed by atoms with Gasteiger partial charge >= 0.3 is 0 Å². The summed E-state index contributed by atoms with van der Waals surface area (Å²) in [6.07, 6.45) is 24.0. The molecule has 23 heavy (non-hydrogen) atoms. The lowest BCUT2D eigenvalue weighted by molar-refractivity contribution is 0.135. The predicted octanol–water partition coefficient (Wildman–Crippen LogP) is 6.95. The van der Waals surface area contributed by atoms with Gasteiger partial charge in [0, 0.05) is 6.61 Å². The smallest absolute Gasteiger partial charge is 0.0645 e. The second kappa shape index (κ2) is 21.2. The summed E-state index contributed by atoms with van der Waals surface area (Å²) in [5.41, 5.74) is 0. The lowest BCUT2D eigenvalue weighted by Gasteiger charge is -2.02. The Kier molecular flexibility index (Phi) is 20.4. The summed E-state index contributed by atoms with van der Waals surface area (Å²) in [6, 6.07) is 2.09. The van der Waals surface area contributed by atoms with E-state index in [-0.39, 0.29) is 0 Å². The van der Waals surface area contributed by atoms with E-state index in [4.69, 9.17) is 10.00 Å². The van der Waals surface area contributed by atoms with Gasteiger partial charge in [-0.05, 0) is 32.1 Å². The molecular formula is C21H39NO. The highest BCUT2D eigenvalue weighted by atomic mass is 16.5. The summed E-state index contributed by atoms with van der Waals surface area (Å²) in [4.78, 5) is 0. The minimum Gasteiger partial charge on any atom is -0.380 e. The Morgan fingerprint density at radius 3 is 1.78 bits per heavy atom. The van der Waals surface area contributed by atoms with Gasteiger partial charge in [-0.1, -0.05) is 76.9 Å². The maximum atomic E-state index is 8.38. The van der Waals surface area contributed by atoms with E-state index in [1.54, 1.807) is 0 Å². The first-order chi connectivity index (χ1) is 11.4. The first kappa shape index (κ1) is 22.2. The Morgan fingerprint density at radius 2 is 1.22 bits per heavy atom. The zero-order chi connectivity index (χ0) is 16.8. The van der Waals surface area contributed by atoms with Crippen LogP contribution in [0.25, 0.3) is 0 Å². The van der Waals surface area contributed by atoms with Crippen LogP contribution in [0.15, 0.2) is 12.2 Å². The van der Waals surface area contributed by atoms with Crippen LogP contribution in [0, 0.1) is 11.3 Å². The van der Waals surface area contributed by atoms with Crippen molar-refractivity contribution in [1.29, 1.82) is 5.26 Å². The summed E-state index contributed by atoms with van der Waals surface area (Å²) >= 11 is 0. The third-order valence-electron chi connectivity index (χ3n) is 4.16. The zero-order valence-corrected chi connectivity index (χ0v) is 15.5. The second-order valence-electron chi connectivity index (χ2n) is 6.46. The highest BCUT2D eigenvalue weighted by Crippen LogP contribution is 2.09. The molecule has 0 heterocycles. The van der Waals surface area contributed by atoms with E-state index in [0.717, 1.165) is 13.0 Å². The normalized spacial score (nSPS) is 11.1. The SMILES string of the molecule is CCCCCCCCC=CCCCCCCCCOCCC#N. The number of hydrogen-bond donors (Lipinski definition) is 0. The predicted molar refractivity (Wildman–Crippen MR) is 101 cm³/mol. The molecule has 0 atom stereocenters. The lowest BCUT2D eigenvalue weighted by Crippen LogP contribution is -1.95. The monoisotopic (exact) mass is 321 g/mol.